The molecule has 1 aromatic carbocycles. The van der Waals surface area contributed by atoms with Crippen LogP contribution in [0.3, 0.4) is 0 Å². The van der Waals surface area contributed by atoms with Gasteiger partial charge in [-0.1, -0.05) is 0 Å². The average Bonchev–Trinajstić information content (AvgIpc) is 3.07. The molecule has 0 bridgehead atoms. The average molecular weight is 262 g/mol. The molecule has 2 heterocycles. The van der Waals surface area contributed by atoms with Gasteiger partial charge in [0, 0.05) is 18.2 Å². The van der Waals surface area contributed by atoms with Gasteiger partial charge in [0.15, 0.2) is 0 Å². The summed E-state index contributed by atoms with van der Waals surface area (Å²) in [4.78, 5) is 2.46. The summed E-state index contributed by atoms with van der Waals surface area (Å²) < 4.78 is 11.5. The van der Waals surface area contributed by atoms with Gasteiger partial charge in [0.05, 0.1) is 6.04 Å². The maximum Gasteiger partial charge on any atom is 0.127 e. The summed E-state index contributed by atoms with van der Waals surface area (Å²) in [6.07, 6.45) is 2.66. The fourth-order valence-electron chi connectivity index (χ4n) is 2.82. The predicted octanol–water partition coefficient (Wildman–Crippen LogP) is 1.81. The maximum absolute atomic E-state index is 5.82. The van der Waals surface area contributed by atoms with Gasteiger partial charge in [-0.3, -0.25) is 4.90 Å². The van der Waals surface area contributed by atoms with E-state index in [1.807, 2.05) is 19.2 Å². The smallest absolute Gasteiger partial charge is 0.127 e. The Bertz CT molecular complexity index is 430. The summed E-state index contributed by atoms with van der Waals surface area (Å²) >= 11 is 0. The van der Waals surface area contributed by atoms with Crippen molar-refractivity contribution in [2.24, 2.45) is 0 Å². The quantitative estimate of drug-likeness (QED) is 0.877. The van der Waals surface area contributed by atoms with Gasteiger partial charge in [-0.15, -0.1) is 0 Å². The van der Waals surface area contributed by atoms with E-state index in [4.69, 9.17) is 9.47 Å². The highest BCUT2D eigenvalue weighted by Gasteiger charge is 2.22. The van der Waals surface area contributed by atoms with Crippen molar-refractivity contribution < 1.29 is 9.47 Å². The third kappa shape index (κ3) is 2.85. The number of nitrogens with one attached hydrogen (secondary N) is 1. The van der Waals surface area contributed by atoms with Crippen molar-refractivity contribution in [3.8, 4) is 11.5 Å². The molecule has 0 amide bonds. The first-order valence-corrected chi connectivity index (χ1v) is 7.16. The van der Waals surface area contributed by atoms with Gasteiger partial charge >= 0.3 is 0 Å². The van der Waals surface area contributed by atoms with Crippen LogP contribution in [-0.2, 0) is 0 Å². The van der Waals surface area contributed by atoms with Crippen LogP contribution >= 0.6 is 0 Å². The summed E-state index contributed by atoms with van der Waals surface area (Å²) in [5.41, 5.74) is 1.23. The molecule has 0 aromatic heterocycles. The molecule has 0 saturated carbocycles. The Labute approximate surface area is 114 Å². The van der Waals surface area contributed by atoms with Crippen molar-refractivity contribution in [2.75, 3.05) is 39.9 Å². The van der Waals surface area contributed by atoms with E-state index in [1.54, 1.807) is 0 Å². The van der Waals surface area contributed by atoms with Crippen LogP contribution in [0.1, 0.15) is 24.4 Å². The van der Waals surface area contributed by atoms with Crippen LogP contribution in [0.5, 0.6) is 11.5 Å². The van der Waals surface area contributed by atoms with Crippen LogP contribution in [0, 0.1) is 0 Å². The van der Waals surface area contributed by atoms with Crippen LogP contribution in [0.4, 0.5) is 0 Å². The Balaban J connectivity index is 1.54. The highest BCUT2D eigenvalue weighted by Crippen LogP contribution is 2.34. The number of benzene rings is 1. The molecule has 3 rings (SSSR count). The van der Waals surface area contributed by atoms with E-state index in [0.717, 1.165) is 24.7 Å². The second-order valence-corrected chi connectivity index (χ2v) is 5.25. The molecule has 0 spiro atoms. The number of hydrogen-bond acceptors (Lipinski definition) is 4. The minimum atomic E-state index is 0.314. The first-order chi connectivity index (χ1) is 9.36. The Morgan fingerprint density at radius 3 is 3.00 bits per heavy atom. The van der Waals surface area contributed by atoms with E-state index < -0.39 is 0 Å². The molecule has 4 nitrogen and oxygen atoms in total. The van der Waals surface area contributed by atoms with Crippen molar-refractivity contribution in [2.45, 2.75) is 18.9 Å². The molecule has 1 aromatic rings. The number of likely N-dealkylation sites (tertiary alicyclic amines) is 1. The van der Waals surface area contributed by atoms with Crippen LogP contribution in [0.2, 0.25) is 0 Å². The summed E-state index contributed by atoms with van der Waals surface area (Å²) in [6, 6.07) is 6.47. The van der Waals surface area contributed by atoms with Gasteiger partial charge in [-0.05, 0) is 45.1 Å². The van der Waals surface area contributed by atoms with Gasteiger partial charge in [-0.25, -0.2) is 0 Å². The lowest BCUT2D eigenvalue weighted by molar-refractivity contribution is 0.237. The standard InChI is InChI=1S/C15H22N2O2/c1-16-14-11-19-15-10-12(4-5-13(14)15)18-9-8-17-6-2-3-7-17/h4-5,10,14,16H,2-3,6-9,11H2,1H3. The number of likely N-dealkylation sites (N-methyl/N-ethyl adjacent to an activating group) is 1. The van der Waals surface area contributed by atoms with Gasteiger partial charge in [-0.2, -0.15) is 0 Å². The lowest BCUT2D eigenvalue weighted by atomic mass is 10.1. The second kappa shape index (κ2) is 5.80. The van der Waals surface area contributed by atoms with Gasteiger partial charge in [0.25, 0.3) is 0 Å². The lowest BCUT2D eigenvalue weighted by Gasteiger charge is -2.15. The SMILES string of the molecule is CNC1COc2cc(OCCN3CCCC3)ccc21. The number of ether oxygens (including phenoxy) is 2. The minimum absolute atomic E-state index is 0.314. The van der Waals surface area contributed by atoms with Crippen molar-refractivity contribution in [1.82, 2.24) is 10.2 Å². The molecule has 104 valence electrons. The molecule has 4 heteroatoms. The molecule has 1 fully saturated rings. The van der Waals surface area contributed by atoms with E-state index in [-0.39, 0.29) is 0 Å². The lowest BCUT2D eigenvalue weighted by Crippen LogP contribution is -2.25. The molecule has 1 atom stereocenters. The van der Waals surface area contributed by atoms with Crippen LogP contribution in [0.15, 0.2) is 18.2 Å². The van der Waals surface area contributed by atoms with E-state index in [2.05, 4.69) is 16.3 Å². The Kier molecular flexibility index (Phi) is 3.89. The Hall–Kier alpha value is -1.26. The predicted molar refractivity (Wildman–Crippen MR) is 74.9 cm³/mol. The van der Waals surface area contributed by atoms with E-state index in [0.29, 0.717) is 12.6 Å². The fraction of sp³-hybridized carbons (Fsp3) is 0.600. The van der Waals surface area contributed by atoms with E-state index in [9.17, 15) is 0 Å². The van der Waals surface area contributed by atoms with Gasteiger partial charge < -0.3 is 14.8 Å². The maximum atomic E-state index is 5.82. The molecule has 0 radical (unpaired) electrons. The summed E-state index contributed by atoms with van der Waals surface area (Å²) in [7, 11) is 1.96. The van der Waals surface area contributed by atoms with E-state index in [1.165, 1.54) is 31.5 Å². The monoisotopic (exact) mass is 262 g/mol. The normalized spacial score (nSPS) is 22.3. The third-order valence-electron chi connectivity index (χ3n) is 3.99. The Morgan fingerprint density at radius 1 is 1.37 bits per heavy atom. The minimum Gasteiger partial charge on any atom is -0.492 e. The molecule has 2 aliphatic heterocycles. The zero-order valence-corrected chi connectivity index (χ0v) is 11.5. The zero-order valence-electron chi connectivity index (χ0n) is 11.5. The van der Waals surface area contributed by atoms with Crippen molar-refractivity contribution in [3.63, 3.8) is 0 Å². The fourth-order valence-corrected chi connectivity index (χ4v) is 2.82. The largest absolute Gasteiger partial charge is 0.492 e. The van der Waals surface area contributed by atoms with Crippen molar-refractivity contribution >= 4 is 0 Å². The molecule has 2 aliphatic rings. The van der Waals surface area contributed by atoms with Gasteiger partial charge in [0.2, 0.25) is 0 Å². The first-order valence-electron chi connectivity index (χ1n) is 7.16. The van der Waals surface area contributed by atoms with Crippen LogP contribution < -0.4 is 14.8 Å². The zero-order chi connectivity index (χ0) is 13.1. The molecule has 1 N–H and O–H groups in total. The van der Waals surface area contributed by atoms with Crippen molar-refractivity contribution in [1.29, 1.82) is 0 Å². The van der Waals surface area contributed by atoms with Crippen molar-refractivity contribution in [3.05, 3.63) is 23.8 Å². The summed E-state index contributed by atoms with van der Waals surface area (Å²) in [5.74, 6) is 1.87. The second-order valence-electron chi connectivity index (χ2n) is 5.25. The number of rotatable bonds is 5. The highest BCUT2D eigenvalue weighted by molar-refractivity contribution is 5.44. The van der Waals surface area contributed by atoms with Crippen LogP contribution in [0.25, 0.3) is 0 Å². The molecule has 1 saturated heterocycles. The Morgan fingerprint density at radius 2 is 2.21 bits per heavy atom. The molecule has 19 heavy (non-hydrogen) atoms. The highest BCUT2D eigenvalue weighted by atomic mass is 16.5. The molecule has 0 aliphatic carbocycles. The molecular formula is C15H22N2O2. The number of hydrogen-bond donors (Lipinski definition) is 1. The van der Waals surface area contributed by atoms with Gasteiger partial charge in [0.1, 0.15) is 24.7 Å². The summed E-state index contributed by atoms with van der Waals surface area (Å²) in [6.45, 7) is 4.94. The third-order valence-corrected chi connectivity index (χ3v) is 3.99. The first kappa shape index (κ1) is 12.8. The molecule has 1 unspecified atom stereocenters. The summed E-state index contributed by atoms with van der Waals surface area (Å²) in [5, 5.41) is 3.25. The number of fused-ring (bicyclic) bond motifs is 1. The molecular weight excluding hydrogens is 240 g/mol. The van der Waals surface area contributed by atoms with E-state index >= 15 is 0 Å². The number of nitrogens with zero attached hydrogens (tertiary/aromatic N) is 1. The van der Waals surface area contributed by atoms with Crippen LogP contribution in [-0.4, -0.2) is 44.8 Å². The topological polar surface area (TPSA) is 33.7 Å².